The van der Waals surface area contributed by atoms with Crippen LogP contribution in [0.1, 0.15) is 5.82 Å². The average molecular weight is 371 g/mol. The number of nitro benzene ring substituents is 1. The fourth-order valence-electron chi connectivity index (χ4n) is 2.30. The number of non-ortho nitro benzene ring substituents is 1. The van der Waals surface area contributed by atoms with Crippen LogP contribution in [0.3, 0.4) is 0 Å². The Morgan fingerprint density at radius 3 is 2.77 bits per heavy atom. The quantitative estimate of drug-likeness (QED) is 0.394. The Kier molecular flexibility index (Phi) is 4.01. The van der Waals surface area contributed by atoms with E-state index in [9.17, 15) is 14.5 Å². The number of hydrogen-bond donors (Lipinski definition) is 0. The first kappa shape index (κ1) is 16.1. The Hall–Kier alpha value is -3.40. The van der Waals surface area contributed by atoms with Gasteiger partial charge in [0, 0.05) is 17.7 Å². The number of nitrogens with zero attached hydrogens (tertiary/aromatic N) is 5. The van der Waals surface area contributed by atoms with Gasteiger partial charge < -0.3 is 4.74 Å². The molecule has 0 spiro atoms. The van der Waals surface area contributed by atoms with E-state index in [1.54, 1.807) is 12.1 Å². The van der Waals surface area contributed by atoms with Crippen molar-refractivity contribution in [3.63, 3.8) is 0 Å². The van der Waals surface area contributed by atoms with Gasteiger partial charge in [-0.15, -0.1) is 10.2 Å². The van der Waals surface area contributed by atoms with E-state index in [4.69, 9.17) is 4.74 Å². The lowest BCUT2D eigenvalue weighted by atomic mass is 10.2. The van der Waals surface area contributed by atoms with Gasteiger partial charge in [-0.05, 0) is 24.3 Å². The van der Waals surface area contributed by atoms with E-state index in [2.05, 4.69) is 15.3 Å². The lowest BCUT2D eigenvalue weighted by Gasteiger charge is -2.03. The van der Waals surface area contributed by atoms with Gasteiger partial charge in [0.1, 0.15) is 23.2 Å². The molecule has 0 amide bonds. The van der Waals surface area contributed by atoms with Crippen LogP contribution in [-0.2, 0) is 6.61 Å². The van der Waals surface area contributed by atoms with Crippen molar-refractivity contribution in [3.8, 4) is 16.3 Å². The molecular formula is C16H10FN5O3S. The van der Waals surface area contributed by atoms with Crippen molar-refractivity contribution in [2.45, 2.75) is 6.61 Å². The fraction of sp³-hybridized carbons (Fsp3) is 0.0625. The second-order valence-electron chi connectivity index (χ2n) is 5.27. The van der Waals surface area contributed by atoms with Crippen molar-refractivity contribution in [3.05, 3.63) is 70.3 Å². The van der Waals surface area contributed by atoms with Crippen molar-refractivity contribution in [1.29, 1.82) is 0 Å². The van der Waals surface area contributed by atoms with E-state index < -0.39 is 4.92 Å². The third-order valence-corrected chi connectivity index (χ3v) is 4.49. The molecule has 4 aromatic rings. The summed E-state index contributed by atoms with van der Waals surface area (Å²) < 4.78 is 20.0. The van der Waals surface area contributed by atoms with Crippen molar-refractivity contribution in [2.75, 3.05) is 0 Å². The molecule has 4 rings (SSSR count). The Morgan fingerprint density at radius 2 is 2.00 bits per heavy atom. The van der Waals surface area contributed by atoms with Gasteiger partial charge in [-0.2, -0.15) is 9.61 Å². The lowest BCUT2D eigenvalue weighted by molar-refractivity contribution is -0.384. The summed E-state index contributed by atoms with van der Waals surface area (Å²) in [6.07, 6.45) is 0. The molecule has 0 saturated carbocycles. The summed E-state index contributed by atoms with van der Waals surface area (Å²) in [7, 11) is 0. The van der Waals surface area contributed by atoms with E-state index >= 15 is 0 Å². The molecule has 0 bridgehead atoms. The molecule has 10 heteroatoms. The van der Waals surface area contributed by atoms with Gasteiger partial charge in [-0.25, -0.2) is 4.39 Å². The van der Waals surface area contributed by atoms with E-state index in [-0.39, 0.29) is 18.1 Å². The maximum Gasteiger partial charge on any atom is 0.270 e. The van der Waals surface area contributed by atoms with Crippen molar-refractivity contribution < 1.29 is 14.1 Å². The fourth-order valence-corrected chi connectivity index (χ4v) is 3.15. The topological polar surface area (TPSA) is 95.5 Å². The Bertz CT molecular complexity index is 1090. The third-order valence-electron chi connectivity index (χ3n) is 3.54. The van der Waals surface area contributed by atoms with E-state index in [0.717, 1.165) is 0 Å². The highest BCUT2D eigenvalue weighted by atomic mass is 32.1. The summed E-state index contributed by atoms with van der Waals surface area (Å²) in [5, 5.41) is 24.0. The highest BCUT2D eigenvalue weighted by Gasteiger charge is 2.15. The van der Waals surface area contributed by atoms with Crippen LogP contribution in [-0.4, -0.2) is 24.7 Å². The molecule has 2 heterocycles. The highest BCUT2D eigenvalue weighted by Crippen LogP contribution is 2.28. The van der Waals surface area contributed by atoms with Crippen LogP contribution >= 0.6 is 11.3 Å². The summed E-state index contributed by atoms with van der Waals surface area (Å²) in [5.74, 6) is 0.623. The number of hydrogen-bond acceptors (Lipinski definition) is 7. The molecule has 8 nitrogen and oxygen atoms in total. The van der Waals surface area contributed by atoms with Gasteiger partial charge >= 0.3 is 0 Å². The first-order valence-electron chi connectivity index (χ1n) is 7.44. The van der Waals surface area contributed by atoms with Crippen LogP contribution in [0.5, 0.6) is 5.75 Å². The number of nitro groups is 1. The summed E-state index contributed by atoms with van der Waals surface area (Å²) in [6.45, 7) is 0.102. The Balaban J connectivity index is 1.59. The molecule has 0 aliphatic rings. The molecule has 0 unspecified atom stereocenters. The number of benzene rings is 2. The van der Waals surface area contributed by atoms with Crippen LogP contribution in [0.2, 0.25) is 0 Å². The minimum Gasteiger partial charge on any atom is -0.486 e. The van der Waals surface area contributed by atoms with Crippen LogP contribution in [0.15, 0.2) is 48.5 Å². The predicted molar refractivity (Wildman–Crippen MR) is 91.5 cm³/mol. The molecular weight excluding hydrogens is 361 g/mol. The van der Waals surface area contributed by atoms with E-state index in [1.807, 2.05) is 0 Å². The Labute approximate surface area is 149 Å². The molecule has 26 heavy (non-hydrogen) atoms. The minimum atomic E-state index is -0.453. The molecule has 0 aliphatic carbocycles. The first-order chi connectivity index (χ1) is 12.6. The normalized spacial score (nSPS) is 11.0. The zero-order chi connectivity index (χ0) is 18.1. The second-order valence-corrected chi connectivity index (χ2v) is 6.22. The molecule has 0 atom stereocenters. The minimum absolute atomic E-state index is 0.00617. The van der Waals surface area contributed by atoms with Crippen molar-refractivity contribution in [1.82, 2.24) is 19.8 Å². The van der Waals surface area contributed by atoms with Crippen molar-refractivity contribution in [2.24, 2.45) is 0 Å². The zero-order valence-corrected chi connectivity index (χ0v) is 13.9. The largest absolute Gasteiger partial charge is 0.486 e. The molecule has 0 fully saturated rings. The molecule has 2 aromatic heterocycles. The predicted octanol–water partition coefficient (Wildman–Crippen LogP) is 3.48. The van der Waals surface area contributed by atoms with Crippen LogP contribution in [0.4, 0.5) is 10.1 Å². The van der Waals surface area contributed by atoms with Crippen LogP contribution in [0.25, 0.3) is 15.5 Å². The van der Waals surface area contributed by atoms with Gasteiger partial charge in [-0.1, -0.05) is 23.5 Å². The van der Waals surface area contributed by atoms with Gasteiger partial charge in [0.25, 0.3) is 5.69 Å². The summed E-state index contributed by atoms with van der Waals surface area (Å²) >= 11 is 1.27. The number of ether oxygens (including phenoxy) is 1. The van der Waals surface area contributed by atoms with Gasteiger partial charge in [0.05, 0.1) is 4.92 Å². The Morgan fingerprint density at radius 1 is 1.19 bits per heavy atom. The standard InChI is InChI=1S/C16H10FN5O3S/c17-11-4-6-13(7-5-11)25-9-14-18-19-16-21(14)20-15(26-16)10-2-1-3-12(8-10)22(23)24/h1-8H,9H2. The smallest absolute Gasteiger partial charge is 0.270 e. The lowest BCUT2D eigenvalue weighted by Crippen LogP contribution is -2.02. The number of aromatic nitrogens is 4. The summed E-state index contributed by atoms with van der Waals surface area (Å²) in [5.41, 5.74) is 0.619. The maximum absolute atomic E-state index is 12.9. The van der Waals surface area contributed by atoms with Crippen LogP contribution < -0.4 is 4.74 Å². The number of fused-ring (bicyclic) bond motifs is 1. The number of rotatable bonds is 5. The summed E-state index contributed by atoms with van der Waals surface area (Å²) in [6, 6.07) is 11.9. The maximum atomic E-state index is 12.9. The van der Waals surface area contributed by atoms with Crippen molar-refractivity contribution >= 4 is 22.0 Å². The average Bonchev–Trinajstić information content (AvgIpc) is 3.22. The SMILES string of the molecule is O=[N+]([O-])c1cccc(-c2nn3c(COc4ccc(F)cc4)nnc3s2)c1. The third kappa shape index (κ3) is 3.09. The van der Waals surface area contributed by atoms with Gasteiger partial charge in [0.2, 0.25) is 4.96 Å². The second kappa shape index (κ2) is 6.48. The molecule has 0 N–H and O–H groups in total. The van der Waals surface area contributed by atoms with Gasteiger partial charge in [0.15, 0.2) is 5.82 Å². The van der Waals surface area contributed by atoms with Crippen LogP contribution in [0, 0.1) is 15.9 Å². The number of halogens is 1. The van der Waals surface area contributed by atoms with E-state index in [1.165, 1.54) is 52.3 Å². The van der Waals surface area contributed by atoms with E-state index in [0.29, 0.717) is 27.1 Å². The molecule has 0 aliphatic heterocycles. The molecule has 130 valence electrons. The highest BCUT2D eigenvalue weighted by molar-refractivity contribution is 7.19. The molecule has 0 radical (unpaired) electrons. The molecule has 2 aromatic carbocycles. The first-order valence-corrected chi connectivity index (χ1v) is 8.26. The summed E-state index contributed by atoms with van der Waals surface area (Å²) in [4.78, 5) is 11.0. The monoisotopic (exact) mass is 371 g/mol. The zero-order valence-electron chi connectivity index (χ0n) is 13.1. The molecule has 0 saturated heterocycles. The van der Waals surface area contributed by atoms with Gasteiger partial charge in [-0.3, -0.25) is 10.1 Å².